The van der Waals surface area contributed by atoms with Crippen molar-refractivity contribution in [3.63, 3.8) is 0 Å². The number of likely N-dealkylation sites (N-methyl/N-ethyl adjacent to an activating group) is 1. The van der Waals surface area contributed by atoms with E-state index in [9.17, 15) is 18.0 Å². The summed E-state index contributed by atoms with van der Waals surface area (Å²) >= 11 is 0. The topological polar surface area (TPSA) is 29.5 Å². The smallest absolute Gasteiger partial charge is 0.405 e. The average Bonchev–Trinajstić information content (AvgIpc) is 2.53. The van der Waals surface area contributed by atoms with Crippen LogP contribution >= 0.6 is 0 Å². The van der Waals surface area contributed by atoms with Crippen molar-refractivity contribution in [2.45, 2.75) is 19.8 Å². The predicted octanol–water partition coefficient (Wildman–Crippen LogP) is 4.57. The molecule has 0 heterocycles. The molecular formula is C19H18F3NO2. The molecular weight excluding hydrogens is 331 g/mol. The Hall–Kier alpha value is -2.76. The summed E-state index contributed by atoms with van der Waals surface area (Å²) < 4.78 is 41.3. The van der Waals surface area contributed by atoms with Crippen LogP contribution in [0.15, 0.2) is 54.6 Å². The minimum Gasteiger partial charge on any atom is -0.405 e. The molecule has 0 radical (unpaired) electrons. The van der Waals surface area contributed by atoms with Crippen molar-refractivity contribution >= 4 is 12.0 Å². The Morgan fingerprint density at radius 3 is 2.56 bits per heavy atom. The van der Waals surface area contributed by atoms with Crippen molar-refractivity contribution in [1.82, 2.24) is 4.90 Å². The third kappa shape index (κ3) is 5.99. The molecule has 0 aliphatic carbocycles. The molecule has 0 unspecified atom stereocenters. The Balaban J connectivity index is 2.06. The minimum absolute atomic E-state index is 0.00322. The van der Waals surface area contributed by atoms with Crippen LogP contribution in [0, 0.1) is 6.92 Å². The van der Waals surface area contributed by atoms with E-state index < -0.39 is 6.36 Å². The maximum absolute atomic E-state index is 12.4. The first kappa shape index (κ1) is 18.6. The lowest BCUT2D eigenvalue weighted by molar-refractivity contribution is -0.275. The Kier molecular flexibility index (Phi) is 5.85. The van der Waals surface area contributed by atoms with Gasteiger partial charge in [-0.25, -0.2) is 0 Å². The van der Waals surface area contributed by atoms with Crippen LogP contribution < -0.4 is 4.74 Å². The monoisotopic (exact) mass is 349 g/mol. The van der Waals surface area contributed by atoms with Gasteiger partial charge in [0.1, 0.15) is 5.75 Å². The van der Waals surface area contributed by atoms with Gasteiger partial charge in [0.05, 0.1) is 0 Å². The van der Waals surface area contributed by atoms with Crippen molar-refractivity contribution in [2.24, 2.45) is 0 Å². The van der Waals surface area contributed by atoms with Gasteiger partial charge in [-0.1, -0.05) is 48.0 Å². The van der Waals surface area contributed by atoms with Crippen LogP contribution in [0.4, 0.5) is 13.2 Å². The molecule has 3 nitrogen and oxygen atoms in total. The number of para-hydroxylation sites is 1. The lowest BCUT2D eigenvalue weighted by Crippen LogP contribution is -2.25. The highest BCUT2D eigenvalue weighted by Gasteiger charge is 2.32. The minimum atomic E-state index is -4.77. The van der Waals surface area contributed by atoms with Crippen LogP contribution in [-0.4, -0.2) is 24.2 Å². The number of amides is 1. The van der Waals surface area contributed by atoms with Crippen molar-refractivity contribution in [1.29, 1.82) is 0 Å². The lowest BCUT2D eigenvalue weighted by Gasteiger charge is -2.18. The number of ether oxygens (including phenoxy) is 1. The molecule has 2 aromatic rings. The van der Waals surface area contributed by atoms with E-state index in [1.165, 1.54) is 36.2 Å². The van der Waals surface area contributed by atoms with Gasteiger partial charge in [0, 0.05) is 25.2 Å². The molecule has 0 bridgehead atoms. The van der Waals surface area contributed by atoms with Gasteiger partial charge < -0.3 is 9.64 Å². The van der Waals surface area contributed by atoms with Crippen molar-refractivity contribution in [2.75, 3.05) is 7.05 Å². The van der Waals surface area contributed by atoms with E-state index in [0.717, 1.165) is 11.1 Å². The number of hydrogen-bond donors (Lipinski definition) is 0. The number of aryl methyl sites for hydroxylation is 1. The molecule has 0 N–H and O–H groups in total. The number of rotatable bonds is 5. The second kappa shape index (κ2) is 7.88. The molecule has 0 spiro atoms. The quantitative estimate of drug-likeness (QED) is 0.741. The molecule has 25 heavy (non-hydrogen) atoms. The number of carbonyl (C=O) groups is 1. The summed E-state index contributed by atoms with van der Waals surface area (Å²) in [7, 11) is 1.52. The third-order valence-electron chi connectivity index (χ3n) is 3.44. The number of carbonyl (C=O) groups excluding carboxylic acids is 1. The highest BCUT2D eigenvalue weighted by atomic mass is 19.4. The van der Waals surface area contributed by atoms with E-state index in [-0.39, 0.29) is 23.8 Å². The zero-order chi connectivity index (χ0) is 18.4. The molecule has 6 heteroatoms. The number of halogens is 3. The first-order valence-electron chi connectivity index (χ1n) is 7.58. The largest absolute Gasteiger partial charge is 0.573 e. The average molecular weight is 349 g/mol. The van der Waals surface area contributed by atoms with E-state index in [4.69, 9.17) is 0 Å². The molecule has 0 saturated heterocycles. The zero-order valence-corrected chi connectivity index (χ0v) is 13.9. The Labute approximate surface area is 144 Å². The summed E-state index contributed by atoms with van der Waals surface area (Å²) in [5, 5.41) is 0. The second-order valence-corrected chi connectivity index (χ2v) is 5.60. The second-order valence-electron chi connectivity index (χ2n) is 5.60. The fourth-order valence-electron chi connectivity index (χ4n) is 2.26. The van der Waals surface area contributed by atoms with Crippen LogP contribution in [0.25, 0.3) is 6.08 Å². The molecule has 0 saturated carbocycles. The molecule has 2 rings (SSSR count). The summed E-state index contributed by atoms with van der Waals surface area (Å²) in [4.78, 5) is 13.5. The molecule has 132 valence electrons. The maximum Gasteiger partial charge on any atom is 0.573 e. The van der Waals surface area contributed by atoms with E-state index in [2.05, 4.69) is 4.74 Å². The Morgan fingerprint density at radius 1 is 1.16 bits per heavy atom. The van der Waals surface area contributed by atoms with Crippen molar-refractivity contribution < 1.29 is 22.7 Å². The number of nitrogens with zero attached hydrogens (tertiary/aromatic N) is 1. The molecule has 0 fully saturated rings. The number of alkyl halides is 3. The van der Waals surface area contributed by atoms with Crippen LogP contribution in [0.2, 0.25) is 0 Å². The van der Waals surface area contributed by atoms with Crippen LogP contribution in [0.1, 0.15) is 16.7 Å². The van der Waals surface area contributed by atoms with E-state index in [1.807, 2.05) is 31.2 Å². The SMILES string of the molecule is Cc1cccc(/C=C/C(=O)N(C)Cc2ccccc2OC(F)(F)F)c1. The maximum atomic E-state index is 12.4. The van der Waals surface area contributed by atoms with E-state index >= 15 is 0 Å². The number of hydrogen-bond acceptors (Lipinski definition) is 2. The van der Waals surface area contributed by atoms with Gasteiger partial charge in [0.2, 0.25) is 5.91 Å². The Bertz CT molecular complexity index is 769. The van der Waals surface area contributed by atoms with Gasteiger partial charge in [-0.2, -0.15) is 0 Å². The number of benzene rings is 2. The molecule has 2 aromatic carbocycles. The fourth-order valence-corrected chi connectivity index (χ4v) is 2.26. The predicted molar refractivity (Wildman–Crippen MR) is 89.8 cm³/mol. The van der Waals surface area contributed by atoms with Crippen LogP contribution in [-0.2, 0) is 11.3 Å². The molecule has 0 aromatic heterocycles. The van der Waals surface area contributed by atoms with Gasteiger partial charge in [0.15, 0.2) is 0 Å². The van der Waals surface area contributed by atoms with Crippen molar-refractivity contribution in [3.8, 4) is 5.75 Å². The third-order valence-corrected chi connectivity index (χ3v) is 3.44. The van der Waals surface area contributed by atoms with E-state index in [1.54, 1.807) is 12.1 Å². The zero-order valence-electron chi connectivity index (χ0n) is 13.9. The molecule has 0 atom stereocenters. The Morgan fingerprint density at radius 2 is 1.88 bits per heavy atom. The fraction of sp³-hybridized carbons (Fsp3) is 0.211. The summed E-state index contributed by atoms with van der Waals surface area (Å²) in [5.74, 6) is -0.624. The summed E-state index contributed by atoms with van der Waals surface area (Å²) in [6, 6.07) is 13.4. The summed E-state index contributed by atoms with van der Waals surface area (Å²) in [5.41, 5.74) is 2.23. The first-order chi connectivity index (χ1) is 11.7. The summed E-state index contributed by atoms with van der Waals surface area (Å²) in [6.07, 6.45) is -1.71. The standard InChI is InChI=1S/C19H18F3NO2/c1-14-6-5-7-15(12-14)10-11-18(24)23(2)13-16-8-3-4-9-17(16)25-19(20,21)22/h3-12H,13H2,1-2H3/b11-10+. The van der Waals surface area contributed by atoms with Gasteiger partial charge in [-0.3, -0.25) is 4.79 Å². The van der Waals surface area contributed by atoms with E-state index in [0.29, 0.717) is 0 Å². The van der Waals surface area contributed by atoms with Gasteiger partial charge >= 0.3 is 6.36 Å². The highest BCUT2D eigenvalue weighted by Crippen LogP contribution is 2.27. The molecule has 0 aliphatic rings. The van der Waals surface area contributed by atoms with Gasteiger partial charge in [0.25, 0.3) is 0 Å². The van der Waals surface area contributed by atoms with Gasteiger partial charge in [-0.15, -0.1) is 13.2 Å². The molecule has 0 aliphatic heterocycles. The molecule has 1 amide bonds. The van der Waals surface area contributed by atoms with Crippen LogP contribution in [0.3, 0.4) is 0 Å². The summed E-state index contributed by atoms with van der Waals surface area (Å²) in [6.45, 7) is 1.95. The first-order valence-corrected chi connectivity index (χ1v) is 7.58. The van der Waals surface area contributed by atoms with Gasteiger partial charge in [-0.05, 0) is 24.6 Å². The van der Waals surface area contributed by atoms with Crippen molar-refractivity contribution in [3.05, 3.63) is 71.3 Å². The normalized spacial score (nSPS) is 11.6. The lowest BCUT2D eigenvalue weighted by atomic mass is 10.1. The highest BCUT2D eigenvalue weighted by molar-refractivity contribution is 5.91. The van der Waals surface area contributed by atoms with Crippen LogP contribution in [0.5, 0.6) is 5.75 Å².